The second kappa shape index (κ2) is 10.4. The molecule has 3 heterocycles. The van der Waals surface area contributed by atoms with Gasteiger partial charge in [0.1, 0.15) is 27.9 Å². The maximum Gasteiger partial charge on any atom is 0.348 e. The van der Waals surface area contributed by atoms with E-state index < -0.39 is 5.97 Å². The Morgan fingerprint density at radius 3 is 2.79 bits per heavy atom. The zero-order chi connectivity index (χ0) is 24.2. The number of H-pyrrole nitrogens is 1. The summed E-state index contributed by atoms with van der Waals surface area (Å²) in [5.41, 5.74) is 0.268. The molecular weight excluding hydrogens is 498 g/mol. The van der Waals surface area contributed by atoms with E-state index in [2.05, 4.69) is 26.7 Å². The molecule has 1 N–H and O–H groups in total. The Hall–Kier alpha value is -3.15. The van der Waals surface area contributed by atoms with Gasteiger partial charge in [-0.2, -0.15) is 0 Å². The summed E-state index contributed by atoms with van der Waals surface area (Å²) in [5.74, 6) is 1.63. The largest absolute Gasteiger partial charge is 0.486 e. The van der Waals surface area contributed by atoms with Crippen molar-refractivity contribution in [2.75, 3.05) is 7.11 Å². The maximum absolute atomic E-state index is 12.6. The number of hydrogen-bond acceptors (Lipinski definition) is 9. The number of ether oxygens (including phenoxy) is 2. The lowest BCUT2D eigenvalue weighted by atomic mass is 10.2. The molecule has 0 saturated carbocycles. The van der Waals surface area contributed by atoms with E-state index >= 15 is 0 Å². The number of rotatable bonds is 9. The van der Waals surface area contributed by atoms with E-state index in [-0.39, 0.29) is 12.2 Å². The Labute approximate surface area is 207 Å². The van der Waals surface area contributed by atoms with E-state index in [1.165, 1.54) is 18.9 Å². The van der Waals surface area contributed by atoms with Gasteiger partial charge in [-0.25, -0.2) is 9.78 Å². The van der Waals surface area contributed by atoms with Gasteiger partial charge in [0, 0.05) is 11.6 Å². The summed E-state index contributed by atoms with van der Waals surface area (Å²) in [4.78, 5) is 32.8. The molecule has 4 rings (SSSR count). The quantitative estimate of drug-likeness (QED) is 0.198. The standard InChI is InChI=1S/C22H20ClN5O4S2/c1-4-9-28-16(10-32-14-7-5-13(23)6-8-14)26-27-22(28)33-11-15-24-19(29)17-12(2)18(21(30)31-3)34-20(17)25-15/h4-8H,1,9-11H2,2-3H3,(H,24,25,29). The number of fused-ring (bicyclic) bond motifs is 1. The van der Waals surface area contributed by atoms with Gasteiger partial charge >= 0.3 is 5.97 Å². The van der Waals surface area contributed by atoms with Crippen LogP contribution in [0.3, 0.4) is 0 Å². The number of halogens is 1. The van der Waals surface area contributed by atoms with E-state index in [1.807, 2.05) is 4.57 Å². The predicted molar refractivity (Wildman–Crippen MR) is 132 cm³/mol. The van der Waals surface area contributed by atoms with Gasteiger partial charge in [0.15, 0.2) is 11.0 Å². The molecule has 0 aliphatic carbocycles. The first kappa shape index (κ1) is 24.0. The molecule has 0 fully saturated rings. The van der Waals surface area contributed by atoms with Crippen molar-refractivity contribution < 1.29 is 14.3 Å². The summed E-state index contributed by atoms with van der Waals surface area (Å²) in [6, 6.07) is 7.06. The Morgan fingerprint density at radius 2 is 2.09 bits per heavy atom. The number of nitrogens with zero attached hydrogens (tertiary/aromatic N) is 4. The first-order chi connectivity index (χ1) is 16.4. The Bertz CT molecular complexity index is 1410. The van der Waals surface area contributed by atoms with E-state index in [0.29, 0.717) is 60.5 Å². The third-order valence-electron chi connectivity index (χ3n) is 4.85. The van der Waals surface area contributed by atoms with Crippen LogP contribution >= 0.6 is 34.7 Å². The molecule has 34 heavy (non-hydrogen) atoms. The van der Waals surface area contributed by atoms with Gasteiger partial charge in [-0.15, -0.1) is 28.1 Å². The summed E-state index contributed by atoms with van der Waals surface area (Å²) < 4.78 is 12.5. The first-order valence-electron chi connectivity index (χ1n) is 10.1. The van der Waals surface area contributed by atoms with Gasteiger partial charge < -0.3 is 14.5 Å². The van der Waals surface area contributed by atoms with Crippen LogP contribution < -0.4 is 10.3 Å². The van der Waals surface area contributed by atoms with E-state index in [1.54, 1.807) is 37.3 Å². The highest BCUT2D eigenvalue weighted by Gasteiger charge is 2.20. The van der Waals surface area contributed by atoms with Gasteiger partial charge in [-0.3, -0.25) is 9.36 Å². The van der Waals surface area contributed by atoms with Crippen LogP contribution in [0.5, 0.6) is 5.75 Å². The van der Waals surface area contributed by atoms with E-state index in [4.69, 9.17) is 21.1 Å². The molecule has 0 atom stereocenters. The molecule has 4 aromatic rings. The summed E-state index contributed by atoms with van der Waals surface area (Å²) in [5, 5.41) is 10.2. The lowest BCUT2D eigenvalue weighted by Gasteiger charge is -2.09. The number of carbonyl (C=O) groups excluding carboxylic acids is 1. The van der Waals surface area contributed by atoms with Gasteiger partial charge in [0.25, 0.3) is 5.56 Å². The Morgan fingerprint density at radius 1 is 1.32 bits per heavy atom. The minimum absolute atomic E-state index is 0.217. The highest BCUT2D eigenvalue weighted by Crippen LogP contribution is 2.28. The van der Waals surface area contributed by atoms with Gasteiger partial charge in [-0.1, -0.05) is 29.4 Å². The average Bonchev–Trinajstić information content (AvgIpc) is 3.37. The van der Waals surface area contributed by atoms with Crippen molar-refractivity contribution >= 4 is 50.9 Å². The van der Waals surface area contributed by atoms with Crippen molar-refractivity contribution in [3.8, 4) is 5.75 Å². The molecular formula is C22H20ClN5O4S2. The molecule has 12 heteroatoms. The molecule has 176 valence electrons. The lowest BCUT2D eigenvalue weighted by Crippen LogP contribution is -2.11. The fraction of sp³-hybridized carbons (Fsp3) is 0.227. The lowest BCUT2D eigenvalue weighted by molar-refractivity contribution is 0.0605. The molecule has 9 nitrogen and oxygen atoms in total. The highest BCUT2D eigenvalue weighted by molar-refractivity contribution is 7.98. The summed E-state index contributed by atoms with van der Waals surface area (Å²) in [7, 11) is 1.31. The fourth-order valence-electron chi connectivity index (χ4n) is 3.20. The summed E-state index contributed by atoms with van der Waals surface area (Å²) in [6.45, 7) is 6.22. The van der Waals surface area contributed by atoms with Crippen LogP contribution in [-0.4, -0.2) is 37.8 Å². The number of methoxy groups -OCH3 is 1. The molecule has 0 aliphatic rings. The average molecular weight is 518 g/mol. The van der Waals surface area contributed by atoms with Crippen LogP contribution in [0.1, 0.15) is 26.9 Å². The number of thiophene rings is 1. The number of aryl methyl sites for hydroxylation is 1. The number of carbonyl (C=O) groups is 1. The minimum Gasteiger partial charge on any atom is -0.486 e. The van der Waals surface area contributed by atoms with Gasteiger partial charge in [-0.05, 0) is 36.8 Å². The number of allylic oxidation sites excluding steroid dienone is 1. The van der Waals surface area contributed by atoms with Crippen molar-refractivity contribution in [3.05, 3.63) is 74.4 Å². The summed E-state index contributed by atoms with van der Waals surface area (Å²) >= 11 is 8.43. The minimum atomic E-state index is -0.485. The number of hydrogen-bond donors (Lipinski definition) is 1. The normalized spacial score (nSPS) is 11.0. The SMILES string of the molecule is C=CCn1c(COc2ccc(Cl)cc2)nnc1SCc1nc2sc(C(=O)OC)c(C)c2c(=O)[nH]1. The Kier molecular flexibility index (Phi) is 7.35. The van der Waals surface area contributed by atoms with E-state index in [0.717, 1.165) is 11.3 Å². The van der Waals surface area contributed by atoms with Gasteiger partial charge in [0.2, 0.25) is 0 Å². The van der Waals surface area contributed by atoms with Gasteiger partial charge in [0.05, 0.1) is 18.2 Å². The number of benzene rings is 1. The maximum atomic E-state index is 12.6. The Balaban J connectivity index is 1.52. The number of aromatic amines is 1. The number of thioether (sulfide) groups is 1. The third-order valence-corrected chi connectivity index (χ3v) is 7.24. The van der Waals surface area contributed by atoms with Crippen LogP contribution in [0.25, 0.3) is 10.2 Å². The third kappa shape index (κ3) is 5.01. The zero-order valence-electron chi connectivity index (χ0n) is 18.3. The molecule has 0 saturated heterocycles. The second-order valence-electron chi connectivity index (χ2n) is 7.07. The van der Waals surface area contributed by atoms with Crippen LogP contribution in [-0.2, 0) is 23.6 Å². The van der Waals surface area contributed by atoms with Crippen LogP contribution in [0.2, 0.25) is 5.02 Å². The topological polar surface area (TPSA) is 112 Å². The zero-order valence-corrected chi connectivity index (χ0v) is 20.7. The van der Waals surface area contributed by atoms with Crippen molar-refractivity contribution in [1.82, 2.24) is 24.7 Å². The second-order valence-corrected chi connectivity index (χ2v) is 9.45. The molecule has 0 unspecified atom stereocenters. The monoisotopic (exact) mass is 517 g/mol. The predicted octanol–water partition coefficient (Wildman–Crippen LogP) is 4.38. The molecule has 0 spiro atoms. The molecule has 0 amide bonds. The highest BCUT2D eigenvalue weighted by atomic mass is 35.5. The van der Waals surface area contributed by atoms with E-state index in [9.17, 15) is 9.59 Å². The molecule has 0 radical (unpaired) electrons. The first-order valence-corrected chi connectivity index (χ1v) is 12.2. The number of nitrogens with one attached hydrogen (secondary N) is 1. The molecule has 0 bridgehead atoms. The van der Waals surface area contributed by atoms with Crippen LogP contribution in [0.4, 0.5) is 0 Å². The fourth-order valence-corrected chi connectivity index (χ4v) is 5.28. The van der Waals surface area contributed by atoms with Crippen molar-refractivity contribution in [2.24, 2.45) is 0 Å². The van der Waals surface area contributed by atoms with Crippen LogP contribution in [0.15, 0.2) is 46.9 Å². The molecule has 0 aliphatic heterocycles. The van der Waals surface area contributed by atoms with Crippen LogP contribution in [0, 0.1) is 6.92 Å². The molecule has 1 aromatic carbocycles. The van der Waals surface area contributed by atoms with Crippen molar-refractivity contribution in [2.45, 2.75) is 31.0 Å². The molecule has 3 aromatic heterocycles. The number of aromatic nitrogens is 5. The smallest absolute Gasteiger partial charge is 0.348 e. The number of esters is 1. The summed E-state index contributed by atoms with van der Waals surface area (Å²) in [6.07, 6.45) is 1.74. The van der Waals surface area contributed by atoms with Crippen molar-refractivity contribution in [1.29, 1.82) is 0 Å². The van der Waals surface area contributed by atoms with Crippen molar-refractivity contribution in [3.63, 3.8) is 0 Å².